The number of rotatable bonds is 4. The van der Waals surface area contributed by atoms with Crippen molar-refractivity contribution in [3.8, 4) is 6.07 Å². The van der Waals surface area contributed by atoms with Crippen molar-refractivity contribution in [3.63, 3.8) is 0 Å². The number of nitrogens with zero attached hydrogens (tertiary/aromatic N) is 5. The largest absolute Gasteiger partial charge is 0.417 e. The molecular weight excluding hydrogens is 401 g/mol. The van der Waals surface area contributed by atoms with Crippen LogP contribution in [0.1, 0.15) is 55.7 Å². The lowest BCUT2D eigenvalue weighted by Crippen LogP contribution is -2.22. The van der Waals surface area contributed by atoms with Crippen molar-refractivity contribution in [1.82, 2.24) is 19.7 Å². The number of alkyl halides is 3. The van der Waals surface area contributed by atoms with E-state index in [1.165, 1.54) is 16.9 Å². The molecule has 0 aliphatic carbocycles. The molecule has 0 aliphatic heterocycles. The van der Waals surface area contributed by atoms with Gasteiger partial charge in [-0.25, -0.2) is 4.68 Å². The third-order valence-electron chi connectivity index (χ3n) is 4.23. The molecule has 0 saturated heterocycles. The van der Waals surface area contributed by atoms with Gasteiger partial charge in [0, 0.05) is 6.54 Å². The molecule has 3 N–H and O–H groups in total. The second-order valence-corrected chi connectivity index (χ2v) is 6.08. The first kappa shape index (κ1) is 22.9. The van der Waals surface area contributed by atoms with Crippen molar-refractivity contribution in [2.24, 2.45) is 0 Å². The Hall–Kier alpha value is -3.39. The number of aliphatic hydroxyl groups excluding tert-OH is 1. The molecule has 0 saturated carbocycles. The third kappa shape index (κ3) is 4.13. The monoisotopic (exact) mass is 422 g/mol. The number of nitrogen functional groups attached to an aromatic ring is 1. The highest BCUT2D eigenvalue weighted by molar-refractivity contribution is 5.80. The summed E-state index contributed by atoms with van der Waals surface area (Å²) in [5.41, 5.74) is -2.29. The summed E-state index contributed by atoms with van der Waals surface area (Å²) in [7, 11) is 0. The number of aliphatic hydroxyl groups is 1. The van der Waals surface area contributed by atoms with Crippen molar-refractivity contribution in [3.05, 3.63) is 57.1 Å². The van der Waals surface area contributed by atoms with Gasteiger partial charge in [-0.2, -0.15) is 28.3 Å². The Balaban J connectivity index is 0.00000155. The standard InChI is InChI=1S/C17H15F3N6O2.C2H6/c1-2-5-25-16(28)13-11(8-23-25)14(26(22)24-13)15(27)9-3-4-12(17(18,19)20)10(6-9)7-21;1-2/h3-4,6,8,15,27H,2,5,22H2,1H3;1-2H3. The number of aryl methyl sites for hydroxylation is 1. The van der Waals surface area contributed by atoms with Crippen molar-refractivity contribution >= 4 is 10.9 Å². The van der Waals surface area contributed by atoms with Crippen molar-refractivity contribution in [2.45, 2.75) is 46.0 Å². The maximum absolute atomic E-state index is 13.0. The molecule has 3 rings (SSSR count). The number of halogens is 3. The quantitative estimate of drug-likeness (QED) is 0.623. The van der Waals surface area contributed by atoms with E-state index in [0.717, 1.165) is 16.9 Å². The molecule has 0 aliphatic rings. The normalized spacial score (nSPS) is 12.2. The van der Waals surface area contributed by atoms with Gasteiger partial charge < -0.3 is 10.9 Å². The number of nitriles is 1. The van der Waals surface area contributed by atoms with Gasteiger partial charge in [-0.3, -0.25) is 4.79 Å². The van der Waals surface area contributed by atoms with Gasteiger partial charge in [0.15, 0.2) is 5.52 Å². The molecule has 1 unspecified atom stereocenters. The number of aromatic nitrogens is 4. The molecular formula is C19H21F3N6O2. The summed E-state index contributed by atoms with van der Waals surface area (Å²) in [6.45, 7) is 6.24. The fourth-order valence-corrected chi connectivity index (χ4v) is 2.92. The maximum Gasteiger partial charge on any atom is 0.417 e. The molecule has 3 aromatic rings. The van der Waals surface area contributed by atoms with Crippen LogP contribution in [0.4, 0.5) is 13.2 Å². The highest BCUT2D eigenvalue weighted by Crippen LogP contribution is 2.34. The predicted octanol–water partition coefficient (Wildman–Crippen LogP) is 2.72. The first-order chi connectivity index (χ1) is 14.2. The van der Waals surface area contributed by atoms with E-state index >= 15 is 0 Å². The van der Waals surface area contributed by atoms with Gasteiger partial charge in [-0.05, 0) is 24.1 Å². The Morgan fingerprint density at radius 2 is 2.00 bits per heavy atom. The van der Waals surface area contributed by atoms with E-state index in [-0.39, 0.29) is 22.2 Å². The second kappa shape index (κ2) is 8.96. The smallest absolute Gasteiger partial charge is 0.382 e. The zero-order chi connectivity index (χ0) is 22.6. The number of fused-ring (bicyclic) bond motifs is 1. The lowest BCUT2D eigenvalue weighted by Gasteiger charge is -2.15. The van der Waals surface area contributed by atoms with E-state index in [4.69, 9.17) is 11.1 Å². The average Bonchev–Trinajstić information content (AvgIpc) is 3.06. The van der Waals surface area contributed by atoms with Gasteiger partial charge in [-0.1, -0.05) is 26.8 Å². The molecule has 1 aromatic carbocycles. The van der Waals surface area contributed by atoms with E-state index in [1.54, 1.807) is 0 Å². The Bertz CT molecular complexity index is 1140. The van der Waals surface area contributed by atoms with Crippen LogP contribution in [0.3, 0.4) is 0 Å². The van der Waals surface area contributed by atoms with E-state index < -0.39 is 29.0 Å². The molecule has 2 aromatic heterocycles. The average molecular weight is 422 g/mol. The van der Waals surface area contributed by atoms with Gasteiger partial charge in [0.05, 0.1) is 28.8 Å². The molecule has 30 heavy (non-hydrogen) atoms. The molecule has 0 fully saturated rings. The zero-order valence-electron chi connectivity index (χ0n) is 16.6. The summed E-state index contributed by atoms with van der Waals surface area (Å²) in [5.74, 6) is 5.78. The molecule has 0 bridgehead atoms. The van der Waals surface area contributed by atoms with Crippen LogP contribution >= 0.6 is 0 Å². The van der Waals surface area contributed by atoms with E-state index in [9.17, 15) is 23.1 Å². The van der Waals surface area contributed by atoms with Gasteiger partial charge in [0.1, 0.15) is 11.8 Å². The van der Waals surface area contributed by atoms with Gasteiger partial charge in [0.25, 0.3) is 5.56 Å². The van der Waals surface area contributed by atoms with E-state index in [2.05, 4.69) is 10.2 Å². The lowest BCUT2D eigenvalue weighted by atomic mass is 9.98. The fourth-order valence-electron chi connectivity index (χ4n) is 2.92. The van der Waals surface area contributed by atoms with Crippen LogP contribution in [-0.2, 0) is 12.7 Å². The third-order valence-corrected chi connectivity index (χ3v) is 4.23. The van der Waals surface area contributed by atoms with Crippen LogP contribution in [0.5, 0.6) is 0 Å². The van der Waals surface area contributed by atoms with Gasteiger partial charge in [-0.15, -0.1) is 5.10 Å². The van der Waals surface area contributed by atoms with Crippen LogP contribution in [0.2, 0.25) is 0 Å². The summed E-state index contributed by atoms with van der Waals surface area (Å²) in [6, 6.07) is 4.16. The molecule has 11 heteroatoms. The topological polar surface area (TPSA) is 123 Å². The highest BCUT2D eigenvalue weighted by Gasteiger charge is 2.34. The molecule has 0 radical (unpaired) electrons. The predicted molar refractivity (Wildman–Crippen MR) is 104 cm³/mol. The Kier molecular flexibility index (Phi) is 6.84. The van der Waals surface area contributed by atoms with Crippen LogP contribution < -0.4 is 11.4 Å². The summed E-state index contributed by atoms with van der Waals surface area (Å²) < 4.78 is 40.1. The van der Waals surface area contributed by atoms with Crippen LogP contribution in [-0.4, -0.2) is 24.8 Å². The number of nitrogens with two attached hydrogens (primary N) is 1. The van der Waals surface area contributed by atoms with Crippen LogP contribution in [0.15, 0.2) is 29.2 Å². The van der Waals surface area contributed by atoms with Crippen molar-refractivity contribution in [1.29, 1.82) is 5.26 Å². The molecule has 0 spiro atoms. The summed E-state index contributed by atoms with van der Waals surface area (Å²) in [6.07, 6.45) is -4.24. The van der Waals surface area contributed by atoms with E-state index in [0.29, 0.717) is 19.0 Å². The number of hydrogen-bond acceptors (Lipinski definition) is 6. The highest BCUT2D eigenvalue weighted by atomic mass is 19.4. The maximum atomic E-state index is 13.0. The first-order valence-electron chi connectivity index (χ1n) is 9.22. The first-order valence-corrected chi connectivity index (χ1v) is 9.22. The second-order valence-electron chi connectivity index (χ2n) is 6.08. The number of hydrogen-bond donors (Lipinski definition) is 2. The van der Waals surface area contributed by atoms with Gasteiger partial charge in [0.2, 0.25) is 0 Å². The molecule has 8 nitrogen and oxygen atoms in total. The molecule has 1 atom stereocenters. The minimum Gasteiger partial charge on any atom is -0.382 e. The SMILES string of the molecule is CC.CCCn1ncc2c(C(O)c3ccc(C(F)(F)F)c(C#N)c3)n(N)nc2c1=O. The molecule has 160 valence electrons. The number of benzene rings is 1. The fraction of sp³-hybridized carbons (Fsp3) is 0.368. The summed E-state index contributed by atoms with van der Waals surface area (Å²) in [5, 5.41) is 27.8. The van der Waals surface area contributed by atoms with Crippen LogP contribution in [0.25, 0.3) is 10.9 Å². The van der Waals surface area contributed by atoms with Crippen molar-refractivity contribution < 1.29 is 18.3 Å². The summed E-state index contributed by atoms with van der Waals surface area (Å²) in [4.78, 5) is 13.2. The molecule has 0 amide bonds. The van der Waals surface area contributed by atoms with Crippen molar-refractivity contribution in [2.75, 3.05) is 5.84 Å². The Morgan fingerprint density at radius 1 is 1.33 bits per heavy atom. The van der Waals surface area contributed by atoms with Crippen LogP contribution in [0, 0.1) is 11.3 Å². The molecule has 2 heterocycles. The lowest BCUT2D eigenvalue weighted by molar-refractivity contribution is -0.137. The minimum atomic E-state index is -4.70. The van der Waals surface area contributed by atoms with E-state index in [1.807, 2.05) is 20.8 Å². The Morgan fingerprint density at radius 3 is 2.57 bits per heavy atom. The van der Waals surface area contributed by atoms with Gasteiger partial charge >= 0.3 is 6.18 Å². The zero-order valence-corrected chi connectivity index (χ0v) is 16.6. The summed E-state index contributed by atoms with van der Waals surface area (Å²) >= 11 is 0. The Labute approximate surface area is 169 Å². The minimum absolute atomic E-state index is 0.00390.